The Labute approximate surface area is 81.7 Å². The van der Waals surface area contributed by atoms with E-state index in [-0.39, 0.29) is 0 Å². The van der Waals surface area contributed by atoms with E-state index in [1.54, 1.807) is 0 Å². The number of nitrogens with zero attached hydrogens (tertiary/aromatic N) is 1. The second-order valence-corrected chi connectivity index (χ2v) is 5.10. The van der Waals surface area contributed by atoms with Gasteiger partial charge in [0.1, 0.15) is 0 Å². The zero-order valence-corrected chi connectivity index (χ0v) is 9.14. The molecule has 0 radical (unpaired) electrons. The predicted octanol–water partition coefficient (Wildman–Crippen LogP) is 1.47. The van der Waals surface area contributed by atoms with E-state index in [0.29, 0.717) is 5.41 Å². The molecule has 1 aliphatic heterocycles. The molecule has 1 N–H and O–H groups in total. The molecule has 1 saturated heterocycles. The number of nitrogens with one attached hydrogen (secondary N) is 1. The summed E-state index contributed by atoms with van der Waals surface area (Å²) in [4.78, 5) is 2.66. The Hall–Kier alpha value is -0.0800. The van der Waals surface area contributed by atoms with Crippen molar-refractivity contribution in [3.05, 3.63) is 0 Å². The second kappa shape index (κ2) is 3.25. The maximum absolute atomic E-state index is 3.38. The molecule has 2 rings (SSSR count). The van der Waals surface area contributed by atoms with Crippen molar-refractivity contribution < 1.29 is 0 Å². The van der Waals surface area contributed by atoms with Crippen LogP contribution in [0.2, 0.25) is 0 Å². The van der Waals surface area contributed by atoms with Gasteiger partial charge in [0.15, 0.2) is 0 Å². The molecule has 2 heteroatoms. The van der Waals surface area contributed by atoms with Crippen molar-refractivity contribution in [1.82, 2.24) is 10.2 Å². The summed E-state index contributed by atoms with van der Waals surface area (Å²) in [5, 5.41) is 3.38. The van der Waals surface area contributed by atoms with Crippen LogP contribution >= 0.6 is 0 Å². The minimum atomic E-state index is 0.655. The van der Waals surface area contributed by atoms with Crippen molar-refractivity contribution in [3.8, 4) is 0 Å². The van der Waals surface area contributed by atoms with Gasteiger partial charge in [0, 0.05) is 25.2 Å². The monoisotopic (exact) mass is 182 g/mol. The number of likely N-dealkylation sites (N-methyl/N-ethyl adjacent to an activating group) is 1. The Bertz CT molecular complexity index is 187. The highest BCUT2D eigenvalue weighted by Gasteiger charge is 2.45. The second-order valence-electron chi connectivity index (χ2n) is 5.10. The Balaban J connectivity index is 1.88. The molecular formula is C11H22N2. The number of rotatable bonds is 3. The molecule has 0 amide bonds. The van der Waals surface area contributed by atoms with Crippen LogP contribution < -0.4 is 5.32 Å². The molecule has 1 saturated carbocycles. The van der Waals surface area contributed by atoms with Crippen LogP contribution in [0, 0.1) is 5.41 Å². The maximum atomic E-state index is 3.38. The highest BCUT2D eigenvalue weighted by atomic mass is 15.2. The summed E-state index contributed by atoms with van der Waals surface area (Å²) in [6.07, 6.45) is 4.21. The highest BCUT2D eigenvalue weighted by Crippen LogP contribution is 2.50. The van der Waals surface area contributed by atoms with Gasteiger partial charge in [0.25, 0.3) is 0 Å². The molecule has 2 atom stereocenters. The molecule has 76 valence electrons. The van der Waals surface area contributed by atoms with Crippen molar-refractivity contribution in [1.29, 1.82) is 0 Å². The van der Waals surface area contributed by atoms with Crippen molar-refractivity contribution in [3.63, 3.8) is 0 Å². The molecule has 13 heavy (non-hydrogen) atoms. The zero-order valence-electron chi connectivity index (χ0n) is 9.14. The van der Waals surface area contributed by atoms with E-state index in [9.17, 15) is 0 Å². The summed E-state index contributed by atoms with van der Waals surface area (Å²) in [7, 11) is 2.08. The minimum absolute atomic E-state index is 0.655. The molecule has 0 spiro atoms. The molecule has 0 aromatic heterocycles. The minimum Gasteiger partial charge on any atom is -0.316 e. The van der Waals surface area contributed by atoms with Gasteiger partial charge >= 0.3 is 0 Å². The molecule has 0 aromatic carbocycles. The Kier molecular flexibility index (Phi) is 2.37. The average molecular weight is 182 g/mol. The van der Waals surface area contributed by atoms with Crippen LogP contribution in [-0.4, -0.2) is 37.1 Å². The average Bonchev–Trinajstić information content (AvgIpc) is 2.71. The van der Waals surface area contributed by atoms with E-state index in [1.807, 2.05) is 0 Å². The van der Waals surface area contributed by atoms with E-state index >= 15 is 0 Å². The molecule has 2 nitrogen and oxygen atoms in total. The summed E-state index contributed by atoms with van der Waals surface area (Å²) in [5.74, 6) is 0. The molecule has 1 heterocycles. The topological polar surface area (TPSA) is 15.3 Å². The smallest absolute Gasteiger partial charge is 0.0204 e. The SMILES string of the molecule is CNC1CCN(C(C)C2(C)CC2)C1. The van der Waals surface area contributed by atoms with Gasteiger partial charge in [-0.3, -0.25) is 4.90 Å². The van der Waals surface area contributed by atoms with Crippen molar-refractivity contribution in [2.75, 3.05) is 20.1 Å². The van der Waals surface area contributed by atoms with Crippen LogP contribution in [0.3, 0.4) is 0 Å². The fourth-order valence-corrected chi connectivity index (χ4v) is 2.43. The van der Waals surface area contributed by atoms with Crippen LogP contribution in [-0.2, 0) is 0 Å². The largest absolute Gasteiger partial charge is 0.316 e. The molecule has 2 unspecified atom stereocenters. The highest BCUT2D eigenvalue weighted by molar-refractivity contribution is 4.99. The third-order valence-corrected chi connectivity index (χ3v) is 4.22. The van der Waals surface area contributed by atoms with E-state index < -0.39 is 0 Å². The maximum Gasteiger partial charge on any atom is 0.0204 e. The van der Waals surface area contributed by atoms with Gasteiger partial charge in [0.2, 0.25) is 0 Å². The number of hydrogen-bond acceptors (Lipinski definition) is 2. The molecule has 0 bridgehead atoms. The van der Waals surface area contributed by atoms with Crippen LogP contribution in [0.1, 0.15) is 33.1 Å². The van der Waals surface area contributed by atoms with Crippen molar-refractivity contribution in [2.24, 2.45) is 5.41 Å². The fourth-order valence-electron chi connectivity index (χ4n) is 2.43. The standard InChI is InChI=1S/C11H22N2/c1-9(11(2)5-6-11)13-7-4-10(8-13)12-3/h9-10,12H,4-8H2,1-3H3. The molecule has 0 aromatic rings. The van der Waals surface area contributed by atoms with Crippen LogP contribution in [0.5, 0.6) is 0 Å². The van der Waals surface area contributed by atoms with E-state index in [0.717, 1.165) is 12.1 Å². The van der Waals surface area contributed by atoms with Crippen LogP contribution in [0.25, 0.3) is 0 Å². The molecule has 1 aliphatic carbocycles. The summed E-state index contributed by atoms with van der Waals surface area (Å²) in [6, 6.07) is 1.54. The fraction of sp³-hybridized carbons (Fsp3) is 1.00. The summed E-state index contributed by atoms with van der Waals surface area (Å²) < 4.78 is 0. The lowest BCUT2D eigenvalue weighted by Gasteiger charge is -2.29. The van der Waals surface area contributed by atoms with Crippen molar-refractivity contribution >= 4 is 0 Å². The van der Waals surface area contributed by atoms with Gasteiger partial charge in [-0.05, 0) is 38.6 Å². The third-order valence-electron chi connectivity index (χ3n) is 4.22. The van der Waals surface area contributed by atoms with Gasteiger partial charge < -0.3 is 5.32 Å². The Morgan fingerprint density at radius 2 is 2.15 bits per heavy atom. The van der Waals surface area contributed by atoms with Crippen molar-refractivity contribution in [2.45, 2.75) is 45.2 Å². The normalized spacial score (nSPS) is 34.8. The zero-order chi connectivity index (χ0) is 9.47. The first kappa shape index (κ1) is 9.47. The lowest BCUT2D eigenvalue weighted by atomic mass is 10.00. The summed E-state index contributed by atoms with van der Waals surface area (Å²) in [6.45, 7) is 7.39. The van der Waals surface area contributed by atoms with E-state index in [4.69, 9.17) is 0 Å². The first-order valence-corrected chi connectivity index (χ1v) is 5.57. The summed E-state index contributed by atoms with van der Waals surface area (Å²) in [5.41, 5.74) is 0.655. The number of hydrogen-bond donors (Lipinski definition) is 1. The van der Waals surface area contributed by atoms with E-state index in [1.165, 1.54) is 32.4 Å². The van der Waals surface area contributed by atoms with Crippen LogP contribution in [0.15, 0.2) is 0 Å². The lowest BCUT2D eigenvalue weighted by molar-refractivity contribution is 0.181. The first-order valence-electron chi connectivity index (χ1n) is 5.57. The van der Waals surface area contributed by atoms with Gasteiger partial charge in [-0.15, -0.1) is 0 Å². The molecular weight excluding hydrogens is 160 g/mol. The molecule has 2 aliphatic rings. The van der Waals surface area contributed by atoms with Gasteiger partial charge in [-0.25, -0.2) is 0 Å². The van der Waals surface area contributed by atoms with Gasteiger partial charge in [0.05, 0.1) is 0 Å². The molecule has 2 fully saturated rings. The van der Waals surface area contributed by atoms with Crippen LogP contribution in [0.4, 0.5) is 0 Å². The predicted molar refractivity (Wildman–Crippen MR) is 55.8 cm³/mol. The van der Waals surface area contributed by atoms with Gasteiger partial charge in [-0.1, -0.05) is 6.92 Å². The Morgan fingerprint density at radius 1 is 1.46 bits per heavy atom. The lowest BCUT2D eigenvalue weighted by Crippen LogP contribution is -2.39. The quantitative estimate of drug-likeness (QED) is 0.711. The third kappa shape index (κ3) is 1.75. The Morgan fingerprint density at radius 3 is 2.62 bits per heavy atom. The number of likely N-dealkylation sites (tertiary alicyclic amines) is 1. The van der Waals surface area contributed by atoms with Gasteiger partial charge in [-0.2, -0.15) is 0 Å². The summed E-state index contributed by atoms with van der Waals surface area (Å²) >= 11 is 0. The van der Waals surface area contributed by atoms with E-state index in [2.05, 4.69) is 31.1 Å². The first-order chi connectivity index (χ1) is 6.15.